The maximum Gasteiger partial charge on any atom is 0.257 e. The maximum absolute atomic E-state index is 11.1. The molecule has 10 heteroatoms. The summed E-state index contributed by atoms with van der Waals surface area (Å²) >= 11 is 0. The van der Waals surface area contributed by atoms with E-state index in [4.69, 9.17) is 5.73 Å². The smallest absolute Gasteiger partial charge is 0.257 e. The number of hydrogen-bond acceptors (Lipinski definition) is 7. The summed E-state index contributed by atoms with van der Waals surface area (Å²) in [6.45, 7) is 0. The molecule has 21 heavy (non-hydrogen) atoms. The zero-order valence-corrected chi connectivity index (χ0v) is 11.0. The highest BCUT2D eigenvalue weighted by Crippen LogP contribution is 2.09. The summed E-state index contributed by atoms with van der Waals surface area (Å²) < 4.78 is 2.83. The predicted molar refractivity (Wildman–Crippen MR) is 72.1 cm³/mol. The normalized spacial score (nSPS) is 10.5. The monoisotopic (exact) mass is 285 g/mol. The average molecular weight is 285 g/mol. The summed E-state index contributed by atoms with van der Waals surface area (Å²) in [5, 5.41) is 10.9. The molecular formula is C11H11N9O. The second kappa shape index (κ2) is 5.00. The molecule has 0 spiro atoms. The molecule has 3 N–H and O–H groups in total. The second-order valence-electron chi connectivity index (χ2n) is 4.00. The fraction of sp³-hybridized carbons (Fsp3) is 0.0909. The Morgan fingerprint density at radius 2 is 1.95 bits per heavy atom. The van der Waals surface area contributed by atoms with Crippen LogP contribution in [-0.4, -0.2) is 47.5 Å². The highest BCUT2D eigenvalue weighted by Gasteiger charge is 2.12. The Bertz CT molecular complexity index is 777. The number of amides is 1. The van der Waals surface area contributed by atoms with E-state index >= 15 is 0 Å². The summed E-state index contributed by atoms with van der Waals surface area (Å²) in [7, 11) is 1.68. The van der Waals surface area contributed by atoms with E-state index < -0.39 is 5.91 Å². The molecule has 0 fully saturated rings. The number of aromatic nitrogens is 7. The summed E-state index contributed by atoms with van der Waals surface area (Å²) in [4.78, 5) is 23.7. The van der Waals surface area contributed by atoms with Gasteiger partial charge in [-0.1, -0.05) is 0 Å². The van der Waals surface area contributed by atoms with Crippen LogP contribution in [0.4, 0.5) is 5.95 Å². The van der Waals surface area contributed by atoms with Crippen molar-refractivity contribution in [2.24, 2.45) is 5.73 Å². The first-order chi connectivity index (χ1) is 10.2. The number of nitrogens with two attached hydrogens (primary N) is 1. The molecule has 0 unspecified atom stereocenters. The first-order valence-electron chi connectivity index (χ1n) is 5.96. The second-order valence-corrected chi connectivity index (χ2v) is 4.00. The molecule has 0 aromatic carbocycles. The Morgan fingerprint density at radius 3 is 2.52 bits per heavy atom. The van der Waals surface area contributed by atoms with E-state index in [9.17, 15) is 4.79 Å². The molecule has 0 aliphatic carbocycles. The third-order valence-corrected chi connectivity index (χ3v) is 2.62. The molecule has 0 radical (unpaired) electrons. The van der Waals surface area contributed by atoms with Crippen LogP contribution in [0.2, 0.25) is 0 Å². The zero-order valence-electron chi connectivity index (χ0n) is 11.0. The largest absolute Gasteiger partial charge is 0.366 e. The van der Waals surface area contributed by atoms with Crippen molar-refractivity contribution >= 4 is 11.9 Å². The van der Waals surface area contributed by atoms with Crippen LogP contribution in [0.15, 0.2) is 30.9 Å². The van der Waals surface area contributed by atoms with Crippen molar-refractivity contribution in [2.45, 2.75) is 0 Å². The SMILES string of the molecule is CNc1nc(-n2cccn2)nc(-n2cc(C(N)=O)cn2)n1. The quantitative estimate of drug-likeness (QED) is 0.653. The molecule has 3 aromatic rings. The Balaban J connectivity index is 2.09. The van der Waals surface area contributed by atoms with E-state index in [0.29, 0.717) is 11.9 Å². The van der Waals surface area contributed by atoms with Gasteiger partial charge in [-0.2, -0.15) is 25.1 Å². The van der Waals surface area contributed by atoms with Crippen LogP contribution in [-0.2, 0) is 0 Å². The van der Waals surface area contributed by atoms with Gasteiger partial charge >= 0.3 is 0 Å². The van der Waals surface area contributed by atoms with Gasteiger partial charge in [-0.15, -0.1) is 0 Å². The third kappa shape index (κ3) is 2.41. The van der Waals surface area contributed by atoms with Gasteiger partial charge in [-0.05, 0) is 6.07 Å². The topological polar surface area (TPSA) is 129 Å². The number of carbonyl (C=O) groups is 1. The molecule has 0 aliphatic rings. The zero-order chi connectivity index (χ0) is 14.8. The van der Waals surface area contributed by atoms with Crippen molar-refractivity contribution in [3.8, 4) is 11.9 Å². The summed E-state index contributed by atoms with van der Waals surface area (Å²) in [5.74, 6) is 0.343. The molecule has 1 amide bonds. The van der Waals surface area contributed by atoms with Crippen molar-refractivity contribution in [1.29, 1.82) is 0 Å². The number of nitrogens with one attached hydrogen (secondary N) is 1. The van der Waals surface area contributed by atoms with Gasteiger partial charge in [0.05, 0.1) is 11.8 Å². The number of hydrogen-bond donors (Lipinski definition) is 2. The van der Waals surface area contributed by atoms with E-state index in [0.717, 1.165) is 0 Å². The highest BCUT2D eigenvalue weighted by molar-refractivity contribution is 5.92. The molecule has 3 heterocycles. The Kier molecular flexibility index (Phi) is 3.03. The van der Waals surface area contributed by atoms with Crippen LogP contribution in [0.1, 0.15) is 10.4 Å². The summed E-state index contributed by atoms with van der Waals surface area (Å²) in [6, 6.07) is 1.75. The van der Waals surface area contributed by atoms with Crippen molar-refractivity contribution in [2.75, 3.05) is 12.4 Å². The number of nitrogens with zero attached hydrogens (tertiary/aromatic N) is 7. The Hall–Kier alpha value is -3.30. The summed E-state index contributed by atoms with van der Waals surface area (Å²) in [5.41, 5.74) is 5.46. The van der Waals surface area contributed by atoms with Gasteiger partial charge in [0.25, 0.3) is 17.8 Å². The molecule has 0 atom stereocenters. The number of primary amides is 1. The maximum atomic E-state index is 11.1. The first-order valence-corrected chi connectivity index (χ1v) is 5.96. The molecule has 106 valence electrons. The van der Waals surface area contributed by atoms with Crippen LogP contribution in [0.25, 0.3) is 11.9 Å². The fourth-order valence-corrected chi connectivity index (χ4v) is 1.62. The lowest BCUT2D eigenvalue weighted by Crippen LogP contribution is -2.12. The van der Waals surface area contributed by atoms with Gasteiger partial charge in [0.1, 0.15) is 0 Å². The van der Waals surface area contributed by atoms with Gasteiger partial charge in [0, 0.05) is 25.6 Å². The lowest BCUT2D eigenvalue weighted by Gasteiger charge is -2.06. The van der Waals surface area contributed by atoms with E-state index in [1.165, 1.54) is 21.8 Å². The fourth-order valence-electron chi connectivity index (χ4n) is 1.62. The number of rotatable bonds is 4. The number of anilines is 1. The van der Waals surface area contributed by atoms with Crippen LogP contribution < -0.4 is 11.1 Å². The molecular weight excluding hydrogens is 274 g/mol. The molecule has 10 nitrogen and oxygen atoms in total. The van der Waals surface area contributed by atoms with Gasteiger partial charge in [0.15, 0.2) is 0 Å². The van der Waals surface area contributed by atoms with Crippen LogP contribution >= 0.6 is 0 Å². The van der Waals surface area contributed by atoms with Gasteiger partial charge in [-0.25, -0.2) is 9.36 Å². The Labute approximate surface area is 118 Å². The van der Waals surface area contributed by atoms with E-state index in [1.807, 2.05) is 0 Å². The van der Waals surface area contributed by atoms with Crippen molar-refractivity contribution in [3.63, 3.8) is 0 Å². The molecule has 3 rings (SSSR count). The minimum Gasteiger partial charge on any atom is -0.366 e. The minimum absolute atomic E-state index is 0.243. The van der Waals surface area contributed by atoms with Crippen LogP contribution in [0, 0.1) is 0 Å². The van der Waals surface area contributed by atoms with Crippen molar-refractivity contribution in [3.05, 3.63) is 36.4 Å². The van der Waals surface area contributed by atoms with Crippen LogP contribution in [0.3, 0.4) is 0 Å². The number of carbonyl (C=O) groups excluding carboxylic acids is 1. The lowest BCUT2D eigenvalue weighted by molar-refractivity contribution is 0.100. The van der Waals surface area contributed by atoms with E-state index in [2.05, 4.69) is 30.5 Å². The third-order valence-electron chi connectivity index (χ3n) is 2.62. The lowest BCUT2D eigenvalue weighted by atomic mass is 10.4. The van der Waals surface area contributed by atoms with Gasteiger partial charge in [-0.3, -0.25) is 4.79 Å². The predicted octanol–water partition coefficient (Wildman–Crippen LogP) is -0.616. The molecule has 0 saturated carbocycles. The average Bonchev–Trinajstić information content (AvgIpc) is 3.18. The van der Waals surface area contributed by atoms with E-state index in [1.54, 1.807) is 25.5 Å². The molecule has 0 saturated heterocycles. The summed E-state index contributed by atoms with van der Waals surface area (Å²) in [6.07, 6.45) is 6.11. The van der Waals surface area contributed by atoms with Crippen LogP contribution in [0.5, 0.6) is 0 Å². The van der Waals surface area contributed by atoms with E-state index in [-0.39, 0.29) is 11.5 Å². The van der Waals surface area contributed by atoms with Crippen molar-refractivity contribution in [1.82, 2.24) is 34.5 Å². The Morgan fingerprint density at radius 1 is 1.19 bits per heavy atom. The van der Waals surface area contributed by atoms with Crippen molar-refractivity contribution < 1.29 is 4.79 Å². The van der Waals surface area contributed by atoms with Gasteiger partial charge < -0.3 is 11.1 Å². The minimum atomic E-state index is -0.573. The molecule has 0 aliphatic heterocycles. The molecule has 3 aromatic heterocycles. The highest BCUT2D eigenvalue weighted by atomic mass is 16.1. The molecule has 0 bridgehead atoms. The standard InChI is InChI=1S/C11H11N9O/c1-13-9-16-10(19-4-2-3-14-19)18-11(17-9)20-6-7(5-15-20)8(12)21/h2-6H,1H3,(H2,12,21)(H,13,16,17,18). The van der Waals surface area contributed by atoms with Gasteiger partial charge in [0.2, 0.25) is 5.95 Å². The first kappa shape index (κ1) is 12.7.